The summed E-state index contributed by atoms with van der Waals surface area (Å²) in [5.74, 6) is 0.396. The third-order valence-electron chi connectivity index (χ3n) is 3.25. The molecule has 0 bridgehead atoms. The van der Waals surface area contributed by atoms with Gasteiger partial charge in [-0.3, -0.25) is 0 Å². The van der Waals surface area contributed by atoms with Crippen molar-refractivity contribution in [1.82, 2.24) is 0 Å². The van der Waals surface area contributed by atoms with Crippen molar-refractivity contribution in [2.24, 2.45) is 5.92 Å². The predicted molar refractivity (Wildman–Crippen MR) is 72.6 cm³/mol. The van der Waals surface area contributed by atoms with E-state index in [1.165, 1.54) is 12.8 Å². The number of hydrogen-bond donors (Lipinski definition) is 2. The Kier molecular flexibility index (Phi) is 3.75. The molecule has 18 heavy (non-hydrogen) atoms. The van der Waals surface area contributed by atoms with E-state index in [0.717, 1.165) is 11.6 Å². The van der Waals surface area contributed by atoms with E-state index in [4.69, 9.17) is 10.5 Å². The maximum atomic E-state index is 11.9. The van der Waals surface area contributed by atoms with Crippen LogP contribution in [0.4, 0.5) is 11.4 Å². The highest BCUT2D eigenvalue weighted by Gasteiger charge is 2.28. The van der Waals surface area contributed by atoms with Crippen LogP contribution >= 0.6 is 0 Å². The van der Waals surface area contributed by atoms with E-state index in [9.17, 15) is 4.79 Å². The van der Waals surface area contributed by atoms with Crippen LogP contribution in [0.25, 0.3) is 0 Å². The summed E-state index contributed by atoms with van der Waals surface area (Å²) < 4.78 is 5.05. The van der Waals surface area contributed by atoms with Gasteiger partial charge in [0.15, 0.2) is 0 Å². The first-order chi connectivity index (χ1) is 8.61. The highest BCUT2D eigenvalue weighted by atomic mass is 16.5. The molecule has 0 aromatic heterocycles. The van der Waals surface area contributed by atoms with Gasteiger partial charge in [0, 0.05) is 17.4 Å². The van der Waals surface area contributed by atoms with Crippen LogP contribution in [0.3, 0.4) is 0 Å². The molecule has 1 saturated carbocycles. The summed E-state index contributed by atoms with van der Waals surface area (Å²) in [6.45, 7) is 4.30. The van der Waals surface area contributed by atoms with Gasteiger partial charge in [0.25, 0.3) is 0 Å². The zero-order valence-corrected chi connectivity index (χ0v) is 10.9. The Bertz CT molecular complexity index is 441. The van der Waals surface area contributed by atoms with Gasteiger partial charge in [0.2, 0.25) is 0 Å². The Morgan fingerprint density at radius 3 is 2.89 bits per heavy atom. The summed E-state index contributed by atoms with van der Waals surface area (Å²) in [6, 6.07) is 5.69. The number of nitrogens with two attached hydrogens (primary N) is 1. The maximum absolute atomic E-state index is 11.9. The molecule has 1 aliphatic carbocycles. The molecule has 3 N–H and O–H groups in total. The minimum absolute atomic E-state index is 0.324. The second-order valence-electron chi connectivity index (χ2n) is 4.80. The van der Waals surface area contributed by atoms with Crippen LogP contribution in [0.2, 0.25) is 0 Å². The number of hydrogen-bond acceptors (Lipinski definition) is 4. The van der Waals surface area contributed by atoms with Gasteiger partial charge in [0.1, 0.15) is 0 Å². The van der Waals surface area contributed by atoms with E-state index in [2.05, 4.69) is 12.2 Å². The van der Waals surface area contributed by atoms with Gasteiger partial charge in [-0.15, -0.1) is 0 Å². The number of anilines is 2. The normalized spacial score (nSPS) is 16.1. The Morgan fingerprint density at radius 1 is 1.56 bits per heavy atom. The van der Waals surface area contributed by atoms with Crippen LogP contribution in [0.15, 0.2) is 18.2 Å². The van der Waals surface area contributed by atoms with Crippen molar-refractivity contribution in [2.45, 2.75) is 32.7 Å². The average Bonchev–Trinajstić information content (AvgIpc) is 3.15. The minimum Gasteiger partial charge on any atom is -0.462 e. The molecule has 0 saturated heterocycles. The highest BCUT2D eigenvalue weighted by Crippen LogP contribution is 2.34. The van der Waals surface area contributed by atoms with E-state index < -0.39 is 0 Å². The van der Waals surface area contributed by atoms with Gasteiger partial charge >= 0.3 is 5.97 Å². The molecule has 98 valence electrons. The molecule has 1 aromatic rings. The largest absolute Gasteiger partial charge is 0.462 e. The van der Waals surface area contributed by atoms with Gasteiger partial charge in [-0.1, -0.05) is 0 Å². The van der Waals surface area contributed by atoms with E-state index in [-0.39, 0.29) is 5.97 Å². The SMILES string of the molecule is CCOC(=O)c1cc(N)ccc1NC(C)C1CC1. The lowest BCUT2D eigenvalue weighted by Gasteiger charge is -2.17. The van der Waals surface area contributed by atoms with Crippen molar-refractivity contribution in [2.75, 3.05) is 17.7 Å². The Labute approximate surface area is 108 Å². The molecule has 1 unspecified atom stereocenters. The molecule has 1 atom stereocenters. The Hall–Kier alpha value is -1.71. The van der Waals surface area contributed by atoms with E-state index in [0.29, 0.717) is 23.9 Å². The standard InChI is InChI=1S/C14H20N2O2/c1-3-18-14(17)12-8-11(15)6-7-13(12)16-9(2)10-4-5-10/h6-10,16H,3-5,15H2,1-2H3. The first kappa shape index (κ1) is 12.7. The van der Waals surface area contributed by atoms with Crippen LogP contribution in [0.1, 0.15) is 37.0 Å². The van der Waals surface area contributed by atoms with Crippen molar-refractivity contribution in [3.05, 3.63) is 23.8 Å². The Morgan fingerprint density at radius 2 is 2.28 bits per heavy atom. The molecule has 0 radical (unpaired) electrons. The molecule has 1 aliphatic rings. The second-order valence-corrected chi connectivity index (χ2v) is 4.80. The summed E-state index contributed by atoms with van der Waals surface area (Å²) >= 11 is 0. The summed E-state index contributed by atoms with van der Waals surface area (Å²) in [4.78, 5) is 11.9. The molecule has 4 nitrogen and oxygen atoms in total. The number of esters is 1. The van der Waals surface area contributed by atoms with Crippen LogP contribution in [-0.2, 0) is 4.74 Å². The number of rotatable bonds is 5. The van der Waals surface area contributed by atoms with E-state index in [1.54, 1.807) is 19.1 Å². The first-order valence-corrected chi connectivity index (χ1v) is 6.45. The fourth-order valence-corrected chi connectivity index (χ4v) is 2.02. The molecule has 1 fully saturated rings. The first-order valence-electron chi connectivity index (χ1n) is 6.45. The fourth-order valence-electron chi connectivity index (χ4n) is 2.02. The van der Waals surface area contributed by atoms with Crippen molar-refractivity contribution in [1.29, 1.82) is 0 Å². The van der Waals surface area contributed by atoms with Gasteiger partial charge in [-0.05, 0) is 50.8 Å². The highest BCUT2D eigenvalue weighted by molar-refractivity contribution is 5.96. The number of nitrogens with one attached hydrogen (secondary N) is 1. The topological polar surface area (TPSA) is 64.3 Å². The molecular formula is C14H20N2O2. The van der Waals surface area contributed by atoms with E-state index >= 15 is 0 Å². The third kappa shape index (κ3) is 2.94. The van der Waals surface area contributed by atoms with Gasteiger partial charge in [-0.25, -0.2) is 4.79 Å². The maximum Gasteiger partial charge on any atom is 0.340 e. The van der Waals surface area contributed by atoms with Crippen molar-refractivity contribution in [3.63, 3.8) is 0 Å². The second kappa shape index (κ2) is 5.29. The zero-order valence-electron chi connectivity index (χ0n) is 10.9. The van der Waals surface area contributed by atoms with Gasteiger partial charge in [0.05, 0.1) is 12.2 Å². The number of ether oxygens (including phenoxy) is 1. The quantitative estimate of drug-likeness (QED) is 0.621. The molecule has 0 heterocycles. The summed E-state index contributed by atoms with van der Waals surface area (Å²) in [7, 11) is 0. The predicted octanol–water partition coefficient (Wildman–Crippen LogP) is 2.66. The van der Waals surface area contributed by atoms with Gasteiger partial charge in [-0.2, -0.15) is 0 Å². The lowest BCUT2D eigenvalue weighted by molar-refractivity contribution is 0.0527. The van der Waals surface area contributed by atoms with Crippen LogP contribution in [-0.4, -0.2) is 18.6 Å². The van der Waals surface area contributed by atoms with E-state index in [1.807, 2.05) is 6.07 Å². The van der Waals surface area contributed by atoms with Crippen molar-refractivity contribution < 1.29 is 9.53 Å². The number of carbonyl (C=O) groups excluding carboxylic acids is 1. The molecule has 0 amide bonds. The molecule has 1 aromatic carbocycles. The Balaban J connectivity index is 2.19. The van der Waals surface area contributed by atoms with Crippen molar-refractivity contribution in [3.8, 4) is 0 Å². The summed E-state index contributed by atoms with van der Waals surface area (Å²) in [6.07, 6.45) is 2.52. The molecule has 0 spiro atoms. The average molecular weight is 248 g/mol. The molecular weight excluding hydrogens is 228 g/mol. The monoisotopic (exact) mass is 248 g/mol. The zero-order chi connectivity index (χ0) is 13.1. The lowest BCUT2D eigenvalue weighted by atomic mass is 10.1. The fraction of sp³-hybridized carbons (Fsp3) is 0.500. The van der Waals surface area contributed by atoms with Gasteiger partial charge < -0.3 is 15.8 Å². The smallest absolute Gasteiger partial charge is 0.340 e. The third-order valence-corrected chi connectivity index (χ3v) is 3.25. The molecule has 2 rings (SSSR count). The number of carbonyl (C=O) groups is 1. The van der Waals surface area contributed by atoms with Crippen molar-refractivity contribution >= 4 is 17.3 Å². The summed E-state index contributed by atoms with van der Waals surface area (Å²) in [5.41, 5.74) is 7.63. The number of benzene rings is 1. The van der Waals surface area contributed by atoms with Crippen LogP contribution in [0, 0.1) is 5.92 Å². The lowest BCUT2D eigenvalue weighted by Crippen LogP contribution is -2.20. The minimum atomic E-state index is -0.324. The van der Waals surface area contributed by atoms with Crippen LogP contribution < -0.4 is 11.1 Å². The summed E-state index contributed by atoms with van der Waals surface area (Å²) in [5, 5.41) is 3.38. The number of nitrogen functional groups attached to an aromatic ring is 1. The van der Waals surface area contributed by atoms with Crippen LogP contribution in [0.5, 0.6) is 0 Å². The molecule has 0 aliphatic heterocycles. The molecule has 4 heteroatoms.